The lowest BCUT2D eigenvalue weighted by Crippen LogP contribution is -2.43. The van der Waals surface area contributed by atoms with E-state index in [0.29, 0.717) is 59.8 Å². The minimum atomic E-state index is -1.04. The number of dihydropyridines is 1. The van der Waals surface area contributed by atoms with Crippen molar-refractivity contribution in [3.05, 3.63) is 88.3 Å². The van der Waals surface area contributed by atoms with Gasteiger partial charge in [-0.15, -0.1) is 0 Å². The summed E-state index contributed by atoms with van der Waals surface area (Å²) in [6, 6.07) is 17.1. The molecule has 190 valence electrons. The van der Waals surface area contributed by atoms with Crippen LogP contribution in [0.4, 0.5) is 5.69 Å². The minimum absolute atomic E-state index is 0.293. The fourth-order valence-corrected chi connectivity index (χ4v) is 5.12. The normalized spacial score (nSPS) is 22.4. The van der Waals surface area contributed by atoms with E-state index in [4.69, 9.17) is 15.2 Å². The maximum atomic E-state index is 13.8. The van der Waals surface area contributed by atoms with Gasteiger partial charge in [0.1, 0.15) is 5.60 Å². The molecular weight excluding hydrogens is 458 g/mol. The number of likely N-dealkylation sites (tertiary alicyclic amines) is 1. The number of nitrogens with zero attached hydrogens (tertiary/aromatic N) is 1. The standard InChI is InChI=1S/C28H33N3O5/c1-18-23(26(33)35-3)25(21-10-7-11-22(29)14-21)24(19(2)30-18)27(34)36-28(17-32)12-13-31(16-28)15-20-8-5-4-6-9-20/h4-11,14,25,30,32H,12-13,15-17,29H2,1-3H3. The third-order valence-corrected chi connectivity index (χ3v) is 6.87. The molecule has 8 nitrogen and oxygen atoms in total. The van der Waals surface area contributed by atoms with Crippen LogP contribution in [0.2, 0.25) is 0 Å². The number of hydrogen-bond donors (Lipinski definition) is 3. The molecule has 2 aromatic rings. The molecule has 0 spiro atoms. The molecule has 0 bridgehead atoms. The lowest BCUT2D eigenvalue weighted by atomic mass is 9.80. The van der Waals surface area contributed by atoms with Gasteiger partial charge in [0.05, 0.1) is 30.8 Å². The van der Waals surface area contributed by atoms with Crippen LogP contribution in [0.5, 0.6) is 0 Å². The summed E-state index contributed by atoms with van der Waals surface area (Å²) in [6.45, 7) is 5.03. The summed E-state index contributed by atoms with van der Waals surface area (Å²) < 4.78 is 11.1. The van der Waals surface area contributed by atoms with Gasteiger partial charge in [0.15, 0.2) is 0 Å². The second kappa shape index (κ2) is 10.6. The zero-order valence-corrected chi connectivity index (χ0v) is 20.9. The molecule has 0 aliphatic carbocycles. The Bertz CT molecular complexity index is 1210. The molecule has 8 heteroatoms. The van der Waals surface area contributed by atoms with Gasteiger partial charge in [-0.05, 0) is 37.1 Å². The highest BCUT2D eigenvalue weighted by atomic mass is 16.6. The molecule has 4 N–H and O–H groups in total. The van der Waals surface area contributed by atoms with Crippen LogP contribution >= 0.6 is 0 Å². The fraction of sp³-hybridized carbons (Fsp3) is 0.357. The topological polar surface area (TPSA) is 114 Å². The molecule has 2 aromatic carbocycles. The molecular formula is C28H33N3O5. The number of ether oxygens (including phenoxy) is 2. The predicted octanol–water partition coefficient (Wildman–Crippen LogP) is 2.86. The Morgan fingerprint density at radius 3 is 2.42 bits per heavy atom. The smallest absolute Gasteiger partial charge is 0.337 e. The molecule has 0 radical (unpaired) electrons. The van der Waals surface area contributed by atoms with Crippen LogP contribution < -0.4 is 11.1 Å². The average molecular weight is 492 g/mol. The van der Waals surface area contributed by atoms with Crippen LogP contribution in [0.25, 0.3) is 0 Å². The quantitative estimate of drug-likeness (QED) is 0.400. The van der Waals surface area contributed by atoms with Gasteiger partial charge < -0.3 is 25.6 Å². The first-order valence-electron chi connectivity index (χ1n) is 12.0. The number of carbonyl (C=O) groups is 2. The Labute approximate surface area is 211 Å². The van der Waals surface area contributed by atoms with Crippen LogP contribution in [0.1, 0.15) is 37.3 Å². The van der Waals surface area contributed by atoms with Gasteiger partial charge in [-0.2, -0.15) is 0 Å². The number of allylic oxidation sites excluding steroid dienone is 2. The molecule has 2 unspecified atom stereocenters. The number of rotatable bonds is 7. The van der Waals surface area contributed by atoms with Crippen molar-refractivity contribution in [3.63, 3.8) is 0 Å². The van der Waals surface area contributed by atoms with Gasteiger partial charge in [0, 0.05) is 43.1 Å². The van der Waals surface area contributed by atoms with E-state index >= 15 is 0 Å². The number of anilines is 1. The van der Waals surface area contributed by atoms with E-state index in [2.05, 4.69) is 10.2 Å². The number of carbonyl (C=O) groups excluding carboxylic acids is 2. The molecule has 0 aromatic heterocycles. The third-order valence-electron chi connectivity index (χ3n) is 6.87. The molecule has 1 fully saturated rings. The van der Waals surface area contributed by atoms with Crippen molar-refractivity contribution in [2.45, 2.75) is 38.3 Å². The summed E-state index contributed by atoms with van der Waals surface area (Å²) in [4.78, 5) is 28.8. The third kappa shape index (κ3) is 5.15. The summed E-state index contributed by atoms with van der Waals surface area (Å²) in [7, 11) is 1.31. The first kappa shape index (κ1) is 25.5. The van der Waals surface area contributed by atoms with E-state index in [1.807, 2.05) is 36.4 Å². The molecule has 2 aliphatic heterocycles. The second-order valence-electron chi connectivity index (χ2n) is 9.47. The summed E-state index contributed by atoms with van der Waals surface area (Å²) in [5, 5.41) is 13.5. The maximum Gasteiger partial charge on any atom is 0.337 e. The molecule has 2 atom stereocenters. The highest BCUT2D eigenvalue weighted by Gasteiger charge is 2.44. The zero-order chi connectivity index (χ0) is 25.9. The summed E-state index contributed by atoms with van der Waals surface area (Å²) >= 11 is 0. The number of hydrogen-bond acceptors (Lipinski definition) is 8. The van der Waals surface area contributed by atoms with Crippen molar-refractivity contribution in [1.29, 1.82) is 0 Å². The Hall–Kier alpha value is -3.62. The number of methoxy groups -OCH3 is 1. The van der Waals surface area contributed by atoms with E-state index in [9.17, 15) is 14.7 Å². The van der Waals surface area contributed by atoms with Crippen molar-refractivity contribution in [2.75, 3.05) is 32.5 Å². The Balaban J connectivity index is 1.63. The van der Waals surface area contributed by atoms with E-state index < -0.39 is 23.5 Å². The number of nitrogen functional groups attached to an aromatic ring is 1. The van der Waals surface area contributed by atoms with E-state index in [1.54, 1.807) is 32.0 Å². The molecule has 36 heavy (non-hydrogen) atoms. The van der Waals surface area contributed by atoms with Gasteiger partial charge in [0.25, 0.3) is 0 Å². The summed E-state index contributed by atoms with van der Waals surface area (Å²) in [5.41, 5.74) is 9.12. The summed E-state index contributed by atoms with van der Waals surface area (Å²) in [6.07, 6.45) is 0.503. The van der Waals surface area contributed by atoms with Crippen molar-refractivity contribution < 1.29 is 24.2 Å². The molecule has 0 amide bonds. The lowest BCUT2D eigenvalue weighted by molar-refractivity contribution is -0.158. The maximum absolute atomic E-state index is 13.8. The van der Waals surface area contributed by atoms with Crippen LogP contribution in [0.3, 0.4) is 0 Å². The number of esters is 2. The van der Waals surface area contributed by atoms with Crippen molar-refractivity contribution in [2.24, 2.45) is 0 Å². The van der Waals surface area contributed by atoms with Gasteiger partial charge in [0.2, 0.25) is 0 Å². The lowest BCUT2D eigenvalue weighted by Gasteiger charge is -2.33. The number of aliphatic hydroxyl groups is 1. The SMILES string of the molecule is COC(=O)C1=C(C)NC(C)=C(C(=O)OC2(CO)CCN(Cc3ccccc3)C2)C1c1cccc(N)c1. The molecule has 1 saturated heterocycles. The highest BCUT2D eigenvalue weighted by molar-refractivity contribution is 6.00. The van der Waals surface area contributed by atoms with Crippen molar-refractivity contribution in [1.82, 2.24) is 10.2 Å². The minimum Gasteiger partial charge on any atom is -0.466 e. The van der Waals surface area contributed by atoms with Crippen molar-refractivity contribution in [3.8, 4) is 0 Å². The monoisotopic (exact) mass is 491 g/mol. The van der Waals surface area contributed by atoms with E-state index in [0.717, 1.165) is 5.56 Å². The van der Waals surface area contributed by atoms with Crippen LogP contribution in [-0.4, -0.2) is 54.4 Å². The number of benzene rings is 2. The second-order valence-corrected chi connectivity index (χ2v) is 9.47. The van der Waals surface area contributed by atoms with Gasteiger partial charge in [-0.3, -0.25) is 4.90 Å². The largest absolute Gasteiger partial charge is 0.466 e. The van der Waals surface area contributed by atoms with Crippen molar-refractivity contribution >= 4 is 17.6 Å². The number of nitrogens with two attached hydrogens (primary N) is 1. The zero-order valence-electron chi connectivity index (χ0n) is 20.9. The number of aliphatic hydroxyl groups excluding tert-OH is 1. The van der Waals surface area contributed by atoms with Crippen LogP contribution in [0.15, 0.2) is 77.1 Å². The Kier molecular flexibility index (Phi) is 7.47. The van der Waals surface area contributed by atoms with Crippen LogP contribution in [-0.2, 0) is 25.6 Å². The Morgan fingerprint density at radius 2 is 1.78 bits per heavy atom. The first-order chi connectivity index (χ1) is 17.3. The van der Waals surface area contributed by atoms with Gasteiger partial charge in [-0.25, -0.2) is 9.59 Å². The molecule has 4 rings (SSSR count). The summed E-state index contributed by atoms with van der Waals surface area (Å²) in [5.74, 6) is -1.86. The highest BCUT2D eigenvalue weighted by Crippen LogP contribution is 2.41. The molecule has 2 aliphatic rings. The van der Waals surface area contributed by atoms with Gasteiger partial charge in [-0.1, -0.05) is 42.5 Å². The predicted molar refractivity (Wildman–Crippen MR) is 136 cm³/mol. The van der Waals surface area contributed by atoms with Gasteiger partial charge >= 0.3 is 11.9 Å². The van der Waals surface area contributed by atoms with E-state index in [1.165, 1.54) is 7.11 Å². The van der Waals surface area contributed by atoms with Crippen LogP contribution in [0, 0.1) is 0 Å². The average Bonchev–Trinajstić information content (AvgIpc) is 3.26. The molecule has 2 heterocycles. The fourth-order valence-electron chi connectivity index (χ4n) is 5.12. The first-order valence-corrected chi connectivity index (χ1v) is 12.0. The number of nitrogens with one attached hydrogen (secondary N) is 1. The van der Waals surface area contributed by atoms with E-state index in [-0.39, 0.29) is 6.61 Å². The Morgan fingerprint density at radius 1 is 1.08 bits per heavy atom. The molecule has 0 saturated carbocycles.